The normalized spacial score (nSPS) is 10.9. The molecular weight excluding hydrogens is 594 g/mol. The van der Waals surface area contributed by atoms with E-state index in [1.165, 1.54) is 52.0 Å². The number of nitro benzene ring substituents is 2. The molecule has 0 atom stereocenters. The van der Waals surface area contributed by atoms with Crippen molar-refractivity contribution >= 4 is 47.1 Å². The van der Waals surface area contributed by atoms with Crippen LogP contribution in [0.3, 0.4) is 0 Å². The number of hydrogen-bond donors (Lipinski definition) is 5. The summed E-state index contributed by atoms with van der Waals surface area (Å²) in [6, 6.07) is 13.5. The second kappa shape index (κ2) is 14.0. The lowest BCUT2D eigenvalue weighted by atomic mass is 10.2. The van der Waals surface area contributed by atoms with Crippen LogP contribution in [-0.4, -0.2) is 63.8 Å². The first kappa shape index (κ1) is 31.2. The molecule has 0 saturated carbocycles. The zero-order valence-electron chi connectivity index (χ0n) is 23.8. The highest BCUT2D eigenvalue weighted by atomic mass is 16.6. The molecule has 18 nitrogen and oxygen atoms in total. The number of anilines is 4. The molecule has 0 fully saturated rings. The van der Waals surface area contributed by atoms with Gasteiger partial charge < -0.3 is 29.7 Å². The molecule has 0 unspecified atom stereocenters. The summed E-state index contributed by atoms with van der Waals surface area (Å²) in [4.78, 5) is 29.8. The van der Waals surface area contributed by atoms with Gasteiger partial charge >= 0.3 is 11.4 Å². The molecule has 0 aliphatic carbocycles. The van der Waals surface area contributed by atoms with Crippen molar-refractivity contribution in [1.82, 2.24) is 9.97 Å². The van der Waals surface area contributed by atoms with E-state index in [4.69, 9.17) is 14.2 Å². The molecule has 0 radical (unpaired) electrons. The Morgan fingerprint density at radius 2 is 1.24 bits per heavy atom. The molecule has 0 saturated heterocycles. The van der Waals surface area contributed by atoms with Crippen LogP contribution in [0.2, 0.25) is 0 Å². The number of phenolic OH excluding ortho intramolecular Hbond substituents is 2. The van der Waals surface area contributed by atoms with Crippen molar-refractivity contribution in [3.05, 3.63) is 86.0 Å². The summed E-state index contributed by atoms with van der Waals surface area (Å²) in [5, 5.41) is 53.8. The molecule has 232 valence electrons. The second-order valence-electron chi connectivity index (χ2n) is 8.72. The van der Waals surface area contributed by atoms with Crippen LogP contribution in [0.15, 0.2) is 64.8 Å². The zero-order valence-corrected chi connectivity index (χ0v) is 23.8. The summed E-state index contributed by atoms with van der Waals surface area (Å²) < 4.78 is 15.4. The highest BCUT2D eigenvalue weighted by Gasteiger charge is 2.20. The third kappa shape index (κ3) is 7.57. The van der Waals surface area contributed by atoms with Gasteiger partial charge in [0.1, 0.15) is 11.6 Å². The first-order valence-corrected chi connectivity index (χ1v) is 12.6. The number of para-hydroxylation sites is 2. The van der Waals surface area contributed by atoms with Gasteiger partial charge in [0.05, 0.1) is 49.3 Å². The molecular formula is C27H25N9O9. The van der Waals surface area contributed by atoms with Crippen molar-refractivity contribution in [2.75, 3.05) is 37.5 Å². The minimum Gasteiger partial charge on any atom is -0.500 e. The van der Waals surface area contributed by atoms with Crippen molar-refractivity contribution in [1.29, 1.82) is 0 Å². The Balaban J connectivity index is 1.64. The summed E-state index contributed by atoms with van der Waals surface area (Å²) in [5.41, 5.74) is 5.24. The fourth-order valence-corrected chi connectivity index (χ4v) is 3.81. The summed E-state index contributed by atoms with van der Waals surface area (Å²) >= 11 is 0. The molecule has 0 aliphatic rings. The topological polar surface area (TPSA) is 241 Å². The Kier molecular flexibility index (Phi) is 9.69. The number of hydrogen-bond acceptors (Lipinski definition) is 16. The number of nitrogens with zero attached hydrogens (tertiary/aromatic N) is 6. The molecule has 45 heavy (non-hydrogen) atoms. The van der Waals surface area contributed by atoms with E-state index in [9.17, 15) is 30.4 Å². The predicted molar refractivity (Wildman–Crippen MR) is 163 cm³/mol. The maximum Gasteiger partial charge on any atom is 0.315 e. The largest absolute Gasteiger partial charge is 0.500 e. The van der Waals surface area contributed by atoms with Gasteiger partial charge in [0.2, 0.25) is 17.4 Å². The molecule has 5 N–H and O–H groups in total. The standard InChI is InChI=1S/C27H25N9O9/c1-43-20-7-5-4-6-17(20)30-23-12-24(33-28-13-15-8-18(35(39)40)25(37)21(10-15)44-2)32-27(31-23)34-29-14-16-9-19(36(41)42)26(38)22(11-16)45-3/h4-14,37-38H,1-3H3,(H3,30,31,32,33,34). The van der Waals surface area contributed by atoms with E-state index < -0.39 is 32.7 Å². The van der Waals surface area contributed by atoms with Crippen LogP contribution in [0.1, 0.15) is 11.1 Å². The first-order valence-electron chi connectivity index (χ1n) is 12.6. The summed E-state index contributed by atoms with van der Waals surface area (Å²) in [7, 11) is 4.02. The Labute approximate surface area is 253 Å². The number of ether oxygens (including phenoxy) is 3. The molecule has 0 spiro atoms. The monoisotopic (exact) mass is 619 g/mol. The summed E-state index contributed by atoms with van der Waals surface area (Å²) in [6.45, 7) is 0. The van der Waals surface area contributed by atoms with Crippen LogP contribution in [0.4, 0.5) is 34.6 Å². The molecule has 1 heterocycles. The van der Waals surface area contributed by atoms with Crippen LogP contribution in [-0.2, 0) is 0 Å². The van der Waals surface area contributed by atoms with Gasteiger partial charge in [0.25, 0.3) is 0 Å². The minimum atomic E-state index is -0.760. The van der Waals surface area contributed by atoms with Crippen LogP contribution < -0.4 is 30.4 Å². The van der Waals surface area contributed by atoms with Gasteiger partial charge in [0.15, 0.2) is 17.3 Å². The molecule has 4 aromatic rings. The number of nitro groups is 2. The number of methoxy groups -OCH3 is 3. The number of hydrazone groups is 2. The molecule has 4 rings (SSSR count). The number of aromatic nitrogens is 2. The van der Waals surface area contributed by atoms with E-state index in [1.807, 2.05) is 0 Å². The minimum absolute atomic E-state index is 0.0361. The number of nitrogens with one attached hydrogen (secondary N) is 3. The third-order valence-electron chi connectivity index (χ3n) is 5.85. The van der Waals surface area contributed by atoms with E-state index in [0.29, 0.717) is 11.4 Å². The predicted octanol–water partition coefficient (Wildman–Crippen LogP) is 4.37. The van der Waals surface area contributed by atoms with E-state index in [2.05, 4.69) is 36.3 Å². The number of phenols is 2. The molecule has 0 bridgehead atoms. The van der Waals surface area contributed by atoms with Crippen LogP contribution in [0.5, 0.6) is 28.7 Å². The van der Waals surface area contributed by atoms with Crippen molar-refractivity contribution in [2.45, 2.75) is 0 Å². The van der Waals surface area contributed by atoms with Crippen molar-refractivity contribution in [3.63, 3.8) is 0 Å². The molecule has 18 heteroatoms. The number of rotatable bonds is 13. The van der Waals surface area contributed by atoms with Crippen LogP contribution >= 0.6 is 0 Å². The SMILES string of the molecule is COc1ccccc1Nc1cc(NN=Cc2cc(OC)c(O)c([N+](=O)[O-])c2)nc(NN=Cc2cc(OC)c(O)c([N+](=O)[O-])c2)n1. The lowest BCUT2D eigenvalue weighted by molar-refractivity contribution is -0.386. The quantitative estimate of drug-likeness (QED) is 0.0793. The highest BCUT2D eigenvalue weighted by molar-refractivity contribution is 5.84. The van der Waals surface area contributed by atoms with Gasteiger partial charge in [-0.2, -0.15) is 20.2 Å². The third-order valence-corrected chi connectivity index (χ3v) is 5.85. The number of aromatic hydroxyl groups is 2. The van der Waals surface area contributed by atoms with Crippen molar-refractivity contribution < 1.29 is 34.3 Å². The first-order chi connectivity index (χ1) is 21.6. The Bertz CT molecular complexity index is 1700. The fraction of sp³-hybridized carbons (Fsp3) is 0.111. The van der Waals surface area contributed by atoms with Gasteiger partial charge in [-0.1, -0.05) is 12.1 Å². The molecule has 0 aliphatic heterocycles. The fourth-order valence-electron chi connectivity index (χ4n) is 3.81. The van der Waals surface area contributed by atoms with Gasteiger partial charge in [-0.3, -0.25) is 25.7 Å². The Morgan fingerprint density at radius 1 is 0.733 bits per heavy atom. The van der Waals surface area contributed by atoms with E-state index in [0.717, 1.165) is 12.1 Å². The smallest absolute Gasteiger partial charge is 0.315 e. The van der Waals surface area contributed by atoms with E-state index in [1.54, 1.807) is 24.3 Å². The summed E-state index contributed by atoms with van der Waals surface area (Å²) in [5.74, 6) is -0.558. The lowest BCUT2D eigenvalue weighted by Gasteiger charge is -2.12. The van der Waals surface area contributed by atoms with Gasteiger partial charge in [-0.05, 0) is 24.3 Å². The van der Waals surface area contributed by atoms with Gasteiger partial charge in [-0.15, -0.1) is 0 Å². The van der Waals surface area contributed by atoms with Crippen molar-refractivity contribution in [3.8, 4) is 28.7 Å². The zero-order chi connectivity index (χ0) is 32.5. The maximum atomic E-state index is 11.3. The second-order valence-corrected chi connectivity index (χ2v) is 8.72. The average molecular weight is 620 g/mol. The maximum absolute atomic E-state index is 11.3. The Morgan fingerprint density at radius 3 is 1.78 bits per heavy atom. The van der Waals surface area contributed by atoms with Crippen molar-refractivity contribution in [2.24, 2.45) is 10.2 Å². The van der Waals surface area contributed by atoms with Crippen LogP contribution in [0, 0.1) is 20.2 Å². The van der Waals surface area contributed by atoms with E-state index in [-0.39, 0.29) is 40.2 Å². The number of benzene rings is 3. The van der Waals surface area contributed by atoms with Crippen LogP contribution in [0.25, 0.3) is 0 Å². The van der Waals surface area contributed by atoms with Gasteiger partial charge in [-0.25, -0.2) is 5.43 Å². The lowest BCUT2D eigenvalue weighted by Crippen LogP contribution is -2.05. The molecule has 0 amide bonds. The van der Waals surface area contributed by atoms with E-state index >= 15 is 0 Å². The summed E-state index contributed by atoms with van der Waals surface area (Å²) in [6.07, 6.45) is 2.48. The highest BCUT2D eigenvalue weighted by Crippen LogP contribution is 2.37. The van der Waals surface area contributed by atoms with Gasteiger partial charge in [0, 0.05) is 29.3 Å². The Hall–Kier alpha value is -6.72. The molecule has 3 aromatic carbocycles. The molecule has 1 aromatic heterocycles. The average Bonchev–Trinajstić information content (AvgIpc) is 3.02.